The van der Waals surface area contributed by atoms with Crippen molar-refractivity contribution in [1.29, 1.82) is 0 Å². The fraction of sp³-hybridized carbons (Fsp3) is 0.533. The minimum absolute atomic E-state index is 0.0776. The molecule has 0 saturated heterocycles. The van der Waals surface area contributed by atoms with E-state index in [0.29, 0.717) is 12.2 Å². The second-order valence-corrected chi connectivity index (χ2v) is 5.63. The number of para-hydroxylation sites is 1. The number of halogens is 1. The lowest BCUT2D eigenvalue weighted by Gasteiger charge is -2.19. The van der Waals surface area contributed by atoms with E-state index in [4.69, 9.17) is 16.3 Å². The first-order chi connectivity index (χ1) is 8.63. The number of carbonyl (C=O) groups is 1. The van der Waals surface area contributed by atoms with Crippen LogP contribution in [0.1, 0.15) is 37.7 Å². The number of ketones is 1. The van der Waals surface area contributed by atoms with Crippen LogP contribution in [0.25, 0.3) is 0 Å². The summed E-state index contributed by atoms with van der Waals surface area (Å²) in [6.45, 7) is 2.00. The quantitative estimate of drug-likeness (QED) is 0.602. The van der Waals surface area contributed by atoms with Gasteiger partial charge in [-0.25, -0.2) is 0 Å². The molecule has 1 saturated carbocycles. The fourth-order valence-electron chi connectivity index (χ4n) is 2.64. The molecule has 0 radical (unpaired) electrons. The monoisotopic (exact) mass is 266 g/mol. The molecule has 1 aromatic rings. The van der Waals surface area contributed by atoms with Crippen molar-refractivity contribution < 1.29 is 9.53 Å². The molecule has 1 aromatic carbocycles. The van der Waals surface area contributed by atoms with Crippen LogP contribution in [-0.2, 0) is 4.79 Å². The lowest BCUT2D eigenvalue weighted by molar-refractivity contribution is -0.123. The maximum atomic E-state index is 12.4. The highest BCUT2D eigenvalue weighted by molar-refractivity contribution is 6.20. The summed E-state index contributed by atoms with van der Waals surface area (Å²) in [5.74, 6) is 1.04. The number of carbonyl (C=O) groups excluding carboxylic acids is 1. The third-order valence-electron chi connectivity index (χ3n) is 3.75. The van der Waals surface area contributed by atoms with Gasteiger partial charge in [0.05, 0.1) is 7.11 Å². The van der Waals surface area contributed by atoms with Crippen molar-refractivity contribution >= 4 is 17.4 Å². The highest BCUT2D eigenvalue weighted by atomic mass is 35.5. The first kappa shape index (κ1) is 13.4. The first-order valence-electron chi connectivity index (χ1n) is 6.44. The number of methoxy groups -OCH3 is 1. The van der Waals surface area contributed by atoms with Crippen molar-refractivity contribution in [3.8, 4) is 5.75 Å². The summed E-state index contributed by atoms with van der Waals surface area (Å²) < 4.78 is 5.36. The number of Topliss-reactive ketones (excluding diaryl/α,β-unsaturated/α-hetero) is 1. The smallest absolute Gasteiger partial charge is 0.143 e. The molecule has 0 amide bonds. The van der Waals surface area contributed by atoms with Crippen molar-refractivity contribution in [2.45, 2.75) is 37.5 Å². The van der Waals surface area contributed by atoms with Gasteiger partial charge in [-0.1, -0.05) is 25.1 Å². The zero-order valence-electron chi connectivity index (χ0n) is 10.9. The lowest BCUT2D eigenvalue weighted by atomic mass is 9.86. The Labute approximate surface area is 113 Å². The van der Waals surface area contributed by atoms with Crippen LogP contribution in [0.4, 0.5) is 0 Å². The number of ether oxygens (including phenoxy) is 1. The van der Waals surface area contributed by atoms with Gasteiger partial charge in [0.2, 0.25) is 0 Å². The molecule has 2 rings (SSSR count). The first-order valence-corrected chi connectivity index (χ1v) is 6.87. The van der Waals surface area contributed by atoms with Crippen LogP contribution in [0, 0.1) is 5.92 Å². The van der Waals surface area contributed by atoms with Crippen molar-refractivity contribution in [3.05, 3.63) is 29.8 Å². The van der Waals surface area contributed by atoms with E-state index in [2.05, 4.69) is 0 Å². The average molecular weight is 267 g/mol. The molecule has 0 unspecified atom stereocenters. The van der Waals surface area contributed by atoms with E-state index >= 15 is 0 Å². The highest BCUT2D eigenvalue weighted by Gasteiger charge is 2.32. The Morgan fingerprint density at radius 3 is 2.72 bits per heavy atom. The van der Waals surface area contributed by atoms with Gasteiger partial charge in [0.15, 0.2) is 0 Å². The summed E-state index contributed by atoms with van der Waals surface area (Å²) in [5, 5.41) is 0.0776. The molecule has 1 aliphatic carbocycles. The van der Waals surface area contributed by atoms with Gasteiger partial charge >= 0.3 is 0 Å². The van der Waals surface area contributed by atoms with Gasteiger partial charge in [-0.05, 0) is 25.3 Å². The van der Waals surface area contributed by atoms with Crippen molar-refractivity contribution in [1.82, 2.24) is 0 Å². The predicted octanol–water partition coefficient (Wildman–Crippen LogP) is 3.78. The summed E-state index contributed by atoms with van der Waals surface area (Å²) >= 11 is 6.30. The van der Waals surface area contributed by atoms with E-state index in [1.165, 1.54) is 0 Å². The number of alkyl halides is 1. The SMILES string of the molecule is COc1ccccc1[C@@H]1C[C@H](Cl)CC[C@H](C)C1=O. The van der Waals surface area contributed by atoms with Crippen molar-refractivity contribution in [2.24, 2.45) is 5.92 Å². The molecule has 98 valence electrons. The molecule has 3 atom stereocenters. The number of benzene rings is 1. The van der Waals surface area contributed by atoms with Crippen LogP contribution in [0.2, 0.25) is 0 Å². The van der Waals surface area contributed by atoms with Crippen LogP contribution in [-0.4, -0.2) is 18.3 Å². The Bertz CT molecular complexity index is 430. The molecule has 0 spiro atoms. The molecule has 3 heteroatoms. The van der Waals surface area contributed by atoms with Gasteiger partial charge in [-0.15, -0.1) is 11.6 Å². The van der Waals surface area contributed by atoms with Gasteiger partial charge < -0.3 is 4.74 Å². The normalized spacial score (nSPS) is 28.8. The van der Waals surface area contributed by atoms with Crippen LogP contribution in [0.15, 0.2) is 24.3 Å². The lowest BCUT2D eigenvalue weighted by Crippen LogP contribution is -2.19. The molecule has 0 bridgehead atoms. The Morgan fingerprint density at radius 2 is 2.00 bits per heavy atom. The van der Waals surface area contributed by atoms with Gasteiger partial charge in [0.25, 0.3) is 0 Å². The summed E-state index contributed by atoms with van der Waals surface area (Å²) in [6.07, 6.45) is 2.52. The molecular formula is C15H19ClO2. The molecule has 1 fully saturated rings. The Hall–Kier alpha value is -1.02. The topological polar surface area (TPSA) is 26.3 Å². The zero-order chi connectivity index (χ0) is 13.1. The summed E-state index contributed by atoms with van der Waals surface area (Å²) in [5.41, 5.74) is 0.976. The van der Waals surface area contributed by atoms with Crippen molar-refractivity contribution in [2.75, 3.05) is 7.11 Å². The molecule has 1 aliphatic rings. The maximum absolute atomic E-state index is 12.4. The molecule has 2 nitrogen and oxygen atoms in total. The summed E-state index contributed by atoms with van der Waals surface area (Å²) in [4.78, 5) is 12.4. The van der Waals surface area contributed by atoms with Crippen LogP contribution >= 0.6 is 11.6 Å². The van der Waals surface area contributed by atoms with Gasteiger partial charge in [0.1, 0.15) is 11.5 Å². The highest BCUT2D eigenvalue weighted by Crippen LogP contribution is 2.37. The minimum Gasteiger partial charge on any atom is -0.496 e. The van der Waals surface area contributed by atoms with Gasteiger partial charge in [-0.2, -0.15) is 0 Å². The maximum Gasteiger partial charge on any atom is 0.143 e. The molecule has 0 heterocycles. The van der Waals surface area contributed by atoms with E-state index in [9.17, 15) is 4.79 Å². The predicted molar refractivity (Wildman–Crippen MR) is 73.4 cm³/mol. The molecule has 0 N–H and O–H groups in total. The van der Waals surface area contributed by atoms with Crippen LogP contribution in [0.3, 0.4) is 0 Å². The largest absolute Gasteiger partial charge is 0.496 e. The number of hydrogen-bond donors (Lipinski definition) is 0. The standard InChI is InChI=1S/C15H19ClO2/c1-10-7-8-11(16)9-13(15(10)17)12-5-3-4-6-14(12)18-2/h3-6,10-11,13H,7-9H2,1-2H3/t10-,11+,13-/m0/s1. The van der Waals surface area contributed by atoms with Crippen LogP contribution < -0.4 is 4.74 Å². The van der Waals surface area contributed by atoms with E-state index < -0.39 is 0 Å². The van der Waals surface area contributed by atoms with Crippen LogP contribution in [0.5, 0.6) is 5.75 Å². The number of rotatable bonds is 2. The zero-order valence-corrected chi connectivity index (χ0v) is 11.6. The molecule has 0 aromatic heterocycles. The molecule has 18 heavy (non-hydrogen) atoms. The molecular weight excluding hydrogens is 248 g/mol. The van der Waals surface area contributed by atoms with E-state index in [1.807, 2.05) is 31.2 Å². The average Bonchev–Trinajstić information content (AvgIpc) is 2.52. The summed E-state index contributed by atoms with van der Waals surface area (Å²) in [7, 11) is 1.64. The van der Waals surface area contributed by atoms with E-state index in [0.717, 1.165) is 24.2 Å². The Balaban J connectivity index is 2.36. The third kappa shape index (κ3) is 2.69. The van der Waals surface area contributed by atoms with Gasteiger partial charge in [-0.3, -0.25) is 4.79 Å². The third-order valence-corrected chi connectivity index (χ3v) is 4.14. The fourth-order valence-corrected chi connectivity index (χ4v) is 2.94. The second kappa shape index (κ2) is 5.75. The Kier molecular flexibility index (Phi) is 4.28. The van der Waals surface area contributed by atoms with E-state index in [1.54, 1.807) is 7.11 Å². The Morgan fingerprint density at radius 1 is 1.28 bits per heavy atom. The van der Waals surface area contributed by atoms with E-state index in [-0.39, 0.29) is 17.2 Å². The second-order valence-electron chi connectivity index (χ2n) is 5.01. The minimum atomic E-state index is -0.124. The van der Waals surface area contributed by atoms with Gasteiger partial charge in [0, 0.05) is 22.8 Å². The van der Waals surface area contributed by atoms with Crippen molar-refractivity contribution in [3.63, 3.8) is 0 Å². The molecule has 0 aliphatic heterocycles. The number of hydrogen-bond acceptors (Lipinski definition) is 2. The summed E-state index contributed by atoms with van der Waals surface area (Å²) in [6, 6.07) is 7.75.